The topological polar surface area (TPSA) is 6.48 Å². The Morgan fingerprint density at radius 2 is 1.47 bits per heavy atom. The number of anilines is 1. The van der Waals surface area contributed by atoms with Crippen LogP contribution < -0.4 is 4.90 Å². The Kier molecular flexibility index (Phi) is 3.30. The number of hydrogen-bond acceptors (Lipinski definition) is 2. The van der Waals surface area contributed by atoms with E-state index >= 15 is 0 Å². The quantitative estimate of drug-likeness (QED) is 0.803. The van der Waals surface area contributed by atoms with Crippen molar-refractivity contribution in [3.05, 3.63) is 29.8 Å². The first-order valence-electron chi connectivity index (χ1n) is 7.63. The second-order valence-corrected chi connectivity index (χ2v) is 7.05. The van der Waals surface area contributed by atoms with Gasteiger partial charge in [-0.25, -0.2) is 0 Å². The predicted molar refractivity (Wildman–Crippen MR) is 82.0 cm³/mol. The molecule has 2 heteroatoms. The van der Waals surface area contributed by atoms with Crippen LogP contribution in [0.1, 0.15) is 39.2 Å². The Balaban J connectivity index is 1.63. The first-order valence-corrected chi connectivity index (χ1v) is 7.63. The minimum atomic E-state index is 0.253. The van der Waals surface area contributed by atoms with E-state index in [9.17, 15) is 0 Å². The zero-order valence-electron chi connectivity index (χ0n) is 12.5. The molecule has 0 radical (unpaired) electrons. The van der Waals surface area contributed by atoms with E-state index in [1.165, 1.54) is 50.3 Å². The molecule has 1 saturated carbocycles. The van der Waals surface area contributed by atoms with Gasteiger partial charge in [-0.05, 0) is 36.0 Å². The van der Waals surface area contributed by atoms with Crippen LogP contribution in [0.15, 0.2) is 24.3 Å². The maximum atomic E-state index is 2.67. The maximum Gasteiger partial charge on any atom is 0.0367 e. The molecule has 1 aromatic carbocycles. The first-order chi connectivity index (χ1) is 9.04. The summed E-state index contributed by atoms with van der Waals surface area (Å²) in [5.74, 6) is 0. The maximum absolute atomic E-state index is 2.67. The molecule has 0 bridgehead atoms. The van der Waals surface area contributed by atoms with E-state index in [0.717, 1.165) is 6.04 Å². The van der Waals surface area contributed by atoms with E-state index in [4.69, 9.17) is 0 Å². The fourth-order valence-corrected chi connectivity index (χ4v) is 2.96. The summed E-state index contributed by atoms with van der Waals surface area (Å²) >= 11 is 0. The van der Waals surface area contributed by atoms with Crippen molar-refractivity contribution in [2.75, 3.05) is 31.1 Å². The summed E-state index contributed by atoms with van der Waals surface area (Å²) < 4.78 is 0. The van der Waals surface area contributed by atoms with Crippen LogP contribution in [0.2, 0.25) is 0 Å². The van der Waals surface area contributed by atoms with Gasteiger partial charge in [-0.3, -0.25) is 4.90 Å². The Morgan fingerprint density at radius 3 is 1.95 bits per heavy atom. The summed E-state index contributed by atoms with van der Waals surface area (Å²) in [6.45, 7) is 11.7. The molecular weight excluding hydrogens is 232 g/mol. The lowest BCUT2D eigenvalue weighted by Crippen LogP contribution is -2.47. The highest BCUT2D eigenvalue weighted by atomic mass is 15.3. The Morgan fingerprint density at radius 1 is 0.895 bits per heavy atom. The number of benzene rings is 1. The van der Waals surface area contributed by atoms with E-state index in [-0.39, 0.29) is 5.41 Å². The van der Waals surface area contributed by atoms with Crippen molar-refractivity contribution in [3.63, 3.8) is 0 Å². The van der Waals surface area contributed by atoms with Gasteiger partial charge in [0.2, 0.25) is 0 Å². The molecule has 1 aliphatic carbocycles. The van der Waals surface area contributed by atoms with Crippen LogP contribution in [0.25, 0.3) is 0 Å². The fourth-order valence-electron chi connectivity index (χ4n) is 2.96. The van der Waals surface area contributed by atoms with Crippen molar-refractivity contribution in [3.8, 4) is 0 Å². The van der Waals surface area contributed by atoms with Gasteiger partial charge < -0.3 is 4.90 Å². The third kappa shape index (κ3) is 2.94. The van der Waals surface area contributed by atoms with Crippen molar-refractivity contribution in [1.29, 1.82) is 0 Å². The Bertz CT molecular complexity index is 418. The van der Waals surface area contributed by atoms with Gasteiger partial charge >= 0.3 is 0 Å². The molecule has 2 nitrogen and oxygen atoms in total. The first kappa shape index (κ1) is 13.0. The van der Waals surface area contributed by atoms with E-state index in [1.807, 2.05) is 0 Å². The molecule has 2 aliphatic rings. The van der Waals surface area contributed by atoms with Gasteiger partial charge in [0, 0.05) is 37.9 Å². The van der Waals surface area contributed by atoms with Crippen LogP contribution >= 0.6 is 0 Å². The van der Waals surface area contributed by atoms with E-state index < -0.39 is 0 Å². The van der Waals surface area contributed by atoms with Crippen LogP contribution in [0, 0.1) is 0 Å². The molecule has 0 amide bonds. The smallest absolute Gasteiger partial charge is 0.0367 e. The molecule has 0 spiro atoms. The molecular formula is C17H26N2. The van der Waals surface area contributed by atoms with Gasteiger partial charge in [0.25, 0.3) is 0 Å². The zero-order valence-corrected chi connectivity index (χ0v) is 12.5. The Hall–Kier alpha value is -1.02. The molecule has 19 heavy (non-hydrogen) atoms. The van der Waals surface area contributed by atoms with Crippen molar-refractivity contribution in [2.45, 2.75) is 45.1 Å². The highest BCUT2D eigenvalue weighted by Gasteiger charge is 2.31. The van der Waals surface area contributed by atoms with Crippen LogP contribution in [-0.2, 0) is 5.41 Å². The molecule has 1 saturated heterocycles. The lowest BCUT2D eigenvalue weighted by molar-refractivity contribution is 0.248. The SMILES string of the molecule is CC(C)(C)c1ccc(N2CCN(C3CC3)CC2)cc1. The number of rotatable bonds is 2. The molecule has 1 aliphatic heterocycles. The van der Waals surface area contributed by atoms with E-state index in [1.54, 1.807) is 0 Å². The molecule has 0 N–H and O–H groups in total. The van der Waals surface area contributed by atoms with E-state index in [2.05, 4.69) is 54.8 Å². The molecule has 0 atom stereocenters. The fraction of sp³-hybridized carbons (Fsp3) is 0.647. The van der Waals surface area contributed by atoms with Gasteiger partial charge in [0.15, 0.2) is 0 Å². The second kappa shape index (κ2) is 4.82. The molecule has 0 unspecified atom stereocenters. The standard InChI is InChI=1S/C17H26N2/c1-17(2,3)14-4-6-15(7-5-14)18-10-12-19(13-11-18)16-8-9-16/h4-7,16H,8-13H2,1-3H3. The monoisotopic (exact) mass is 258 g/mol. The van der Waals surface area contributed by atoms with Crippen LogP contribution in [0.5, 0.6) is 0 Å². The summed E-state index contributed by atoms with van der Waals surface area (Å²) in [4.78, 5) is 5.20. The summed E-state index contributed by atoms with van der Waals surface area (Å²) in [5, 5.41) is 0. The van der Waals surface area contributed by atoms with Gasteiger partial charge in [-0.15, -0.1) is 0 Å². The van der Waals surface area contributed by atoms with Gasteiger partial charge in [-0.1, -0.05) is 32.9 Å². The van der Waals surface area contributed by atoms with Crippen LogP contribution in [0.4, 0.5) is 5.69 Å². The second-order valence-electron chi connectivity index (χ2n) is 7.05. The molecule has 3 rings (SSSR count). The third-order valence-electron chi connectivity index (χ3n) is 4.48. The lowest BCUT2D eigenvalue weighted by Gasteiger charge is -2.36. The summed E-state index contributed by atoms with van der Waals surface area (Å²) in [6.07, 6.45) is 2.86. The lowest BCUT2D eigenvalue weighted by atomic mass is 9.87. The van der Waals surface area contributed by atoms with Gasteiger partial charge in [0.1, 0.15) is 0 Å². The van der Waals surface area contributed by atoms with Crippen molar-refractivity contribution >= 4 is 5.69 Å². The zero-order chi connectivity index (χ0) is 13.5. The summed E-state index contributed by atoms with van der Waals surface area (Å²) in [6, 6.07) is 10.1. The summed E-state index contributed by atoms with van der Waals surface area (Å²) in [7, 11) is 0. The molecule has 2 fully saturated rings. The van der Waals surface area contributed by atoms with Crippen LogP contribution in [0.3, 0.4) is 0 Å². The highest BCUT2D eigenvalue weighted by molar-refractivity contribution is 5.49. The largest absolute Gasteiger partial charge is 0.369 e. The number of hydrogen-bond donors (Lipinski definition) is 0. The number of nitrogens with zero attached hydrogens (tertiary/aromatic N) is 2. The van der Waals surface area contributed by atoms with E-state index in [0.29, 0.717) is 0 Å². The normalized spacial score (nSPS) is 21.7. The average Bonchev–Trinajstić information content (AvgIpc) is 3.22. The summed E-state index contributed by atoms with van der Waals surface area (Å²) in [5.41, 5.74) is 3.07. The van der Waals surface area contributed by atoms with Crippen LogP contribution in [-0.4, -0.2) is 37.1 Å². The molecule has 0 aromatic heterocycles. The van der Waals surface area contributed by atoms with Gasteiger partial charge in [-0.2, -0.15) is 0 Å². The van der Waals surface area contributed by atoms with Crippen molar-refractivity contribution in [1.82, 2.24) is 4.90 Å². The Labute approximate surface area is 117 Å². The minimum absolute atomic E-state index is 0.253. The molecule has 1 aromatic rings. The van der Waals surface area contributed by atoms with Crippen molar-refractivity contribution < 1.29 is 0 Å². The average molecular weight is 258 g/mol. The van der Waals surface area contributed by atoms with Crippen molar-refractivity contribution in [2.24, 2.45) is 0 Å². The van der Waals surface area contributed by atoms with Gasteiger partial charge in [0.05, 0.1) is 0 Å². The highest BCUT2D eigenvalue weighted by Crippen LogP contribution is 2.29. The third-order valence-corrected chi connectivity index (χ3v) is 4.48. The predicted octanol–water partition coefficient (Wildman–Crippen LogP) is 3.27. The minimum Gasteiger partial charge on any atom is -0.369 e. The molecule has 104 valence electrons. The molecule has 1 heterocycles. The number of piperazine rings is 1.